The van der Waals surface area contributed by atoms with E-state index < -0.39 is 0 Å². The van der Waals surface area contributed by atoms with Crippen LogP contribution in [0.5, 0.6) is 5.75 Å². The van der Waals surface area contributed by atoms with Crippen molar-refractivity contribution in [2.45, 2.75) is 26.6 Å². The van der Waals surface area contributed by atoms with E-state index in [0.29, 0.717) is 0 Å². The van der Waals surface area contributed by atoms with Crippen molar-refractivity contribution >= 4 is 37.7 Å². The lowest BCUT2D eigenvalue weighted by Gasteiger charge is -2.34. The van der Waals surface area contributed by atoms with E-state index in [1.807, 2.05) is 6.07 Å². The van der Waals surface area contributed by atoms with Gasteiger partial charge in [-0.2, -0.15) is 0 Å². The van der Waals surface area contributed by atoms with Crippen LogP contribution in [-0.2, 0) is 19.6 Å². The molecule has 4 nitrogen and oxygen atoms in total. The van der Waals surface area contributed by atoms with Gasteiger partial charge in [-0.1, -0.05) is 30.3 Å². The number of methoxy groups -OCH3 is 1. The second-order valence-electron chi connectivity index (χ2n) is 8.63. The predicted molar refractivity (Wildman–Crippen MR) is 136 cm³/mol. The fourth-order valence-electron chi connectivity index (χ4n) is 4.97. The van der Waals surface area contributed by atoms with E-state index in [1.165, 1.54) is 32.9 Å². The SMILES string of the molecule is CCn1c2ccccc2c2cc(CN3CCN(Cc4ccc(OC)c(Br)c4)CC3)ccc21. The minimum Gasteiger partial charge on any atom is -0.496 e. The van der Waals surface area contributed by atoms with E-state index in [-0.39, 0.29) is 0 Å². The van der Waals surface area contributed by atoms with Gasteiger partial charge in [-0.05, 0) is 64.3 Å². The maximum Gasteiger partial charge on any atom is 0.133 e. The molecule has 3 aromatic carbocycles. The quantitative estimate of drug-likeness (QED) is 0.334. The highest BCUT2D eigenvalue weighted by Gasteiger charge is 2.18. The molecule has 0 aliphatic carbocycles. The second kappa shape index (κ2) is 9.26. The highest BCUT2D eigenvalue weighted by molar-refractivity contribution is 9.10. The van der Waals surface area contributed by atoms with Gasteiger partial charge < -0.3 is 9.30 Å². The Kier molecular flexibility index (Phi) is 6.22. The van der Waals surface area contributed by atoms with Crippen molar-refractivity contribution in [1.29, 1.82) is 0 Å². The zero-order chi connectivity index (χ0) is 22.1. The third-order valence-electron chi connectivity index (χ3n) is 6.65. The molecule has 0 bridgehead atoms. The Labute approximate surface area is 198 Å². The summed E-state index contributed by atoms with van der Waals surface area (Å²) >= 11 is 3.60. The first-order valence-corrected chi connectivity index (χ1v) is 12.2. The Bertz CT molecular complexity index is 1240. The first-order valence-electron chi connectivity index (χ1n) is 11.4. The Morgan fingerprint density at radius 3 is 2.06 bits per heavy atom. The van der Waals surface area contributed by atoms with Gasteiger partial charge in [0.15, 0.2) is 0 Å². The smallest absolute Gasteiger partial charge is 0.133 e. The van der Waals surface area contributed by atoms with Crippen LogP contribution in [-0.4, -0.2) is 47.7 Å². The predicted octanol–water partition coefficient (Wildman–Crippen LogP) is 5.90. The molecule has 4 aromatic rings. The standard InChI is InChI=1S/C27H30BrN3O/c1-3-31-25-7-5-4-6-22(25)23-16-20(8-10-26(23)31)18-29-12-14-30(15-13-29)19-21-9-11-27(32-2)24(28)17-21/h4-11,16-17H,3,12-15,18-19H2,1-2H3. The summed E-state index contributed by atoms with van der Waals surface area (Å²) in [6.07, 6.45) is 0. The number of benzene rings is 3. The highest BCUT2D eigenvalue weighted by Crippen LogP contribution is 2.30. The first-order chi connectivity index (χ1) is 15.7. The third-order valence-corrected chi connectivity index (χ3v) is 7.27. The lowest BCUT2D eigenvalue weighted by atomic mass is 10.1. The fraction of sp³-hybridized carbons (Fsp3) is 0.333. The zero-order valence-corrected chi connectivity index (χ0v) is 20.4. The van der Waals surface area contributed by atoms with E-state index in [0.717, 1.165) is 56.0 Å². The number of halogens is 1. The number of aromatic nitrogens is 1. The molecule has 0 N–H and O–H groups in total. The molecule has 0 atom stereocenters. The van der Waals surface area contributed by atoms with Gasteiger partial charge in [0, 0.05) is 67.6 Å². The molecule has 5 heteroatoms. The number of aryl methyl sites for hydroxylation is 1. The van der Waals surface area contributed by atoms with Crippen LogP contribution < -0.4 is 4.74 Å². The summed E-state index contributed by atoms with van der Waals surface area (Å²) in [5, 5.41) is 2.74. The van der Waals surface area contributed by atoms with Gasteiger partial charge in [-0.15, -0.1) is 0 Å². The lowest BCUT2D eigenvalue weighted by Crippen LogP contribution is -2.45. The molecular weight excluding hydrogens is 462 g/mol. The first kappa shape index (κ1) is 21.5. The van der Waals surface area contributed by atoms with Crippen LogP contribution in [0.25, 0.3) is 21.8 Å². The Balaban J connectivity index is 1.25. The van der Waals surface area contributed by atoms with Crippen LogP contribution in [0.15, 0.2) is 65.1 Å². The summed E-state index contributed by atoms with van der Waals surface area (Å²) in [6, 6.07) is 22.2. The van der Waals surface area contributed by atoms with Gasteiger partial charge in [-0.3, -0.25) is 9.80 Å². The van der Waals surface area contributed by atoms with Crippen LogP contribution in [0, 0.1) is 0 Å². The number of rotatable bonds is 6. The number of fused-ring (bicyclic) bond motifs is 3. The van der Waals surface area contributed by atoms with Crippen LogP contribution in [0.3, 0.4) is 0 Å². The van der Waals surface area contributed by atoms with E-state index in [9.17, 15) is 0 Å². The molecule has 0 amide bonds. The number of para-hydroxylation sites is 1. The van der Waals surface area contributed by atoms with Crippen molar-refractivity contribution in [2.24, 2.45) is 0 Å². The van der Waals surface area contributed by atoms with Gasteiger partial charge >= 0.3 is 0 Å². The topological polar surface area (TPSA) is 20.6 Å². The number of ether oxygens (including phenoxy) is 1. The largest absolute Gasteiger partial charge is 0.496 e. The Morgan fingerprint density at radius 2 is 1.41 bits per heavy atom. The number of hydrogen-bond donors (Lipinski definition) is 0. The molecule has 0 unspecified atom stereocenters. The van der Waals surface area contributed by atoms with E-state index in [4.69, 9.17) is 4.74 Å². The van der Waals surface area contributed by atoms with Crippen LogP contribution in [0.2, 0.25) is 0 Å². The second-order valence-corrected chi connectivity index (χ2v) is 9.49. The average molecular weight is 492 g/mol. The van der Waals surface area contributed by atoms with Crippen molar-refractivity contribution in [3.63, 3.8) is 0 Å². The van der Waals surface area contributed by atoms with Gasteiger partial charge in [0.2, 0.25) is 0 Å². The maximum absolute atomic E-state index is 5.35. The third kappa shape index (κ3) is 4.17. The molecule has 1 aliphatic rings. The molecule has 1 aromatic heterocycles. The maximum atomic E-state index is 5.35. The van der Waals surface area contributed by atoms with Gasteiger partial charge in [0.1, 0.15) is 5.75 Å². The fourth-order valence-corrected chi connectivity index (χ4v) is 5.56. The lowest BCUT2D eigenvalue weighted by molar-refractivity contribution is 0.122. The summed E-state index contributed by atoms with van der Waals surface area (Å²) in [4.78, 5) is 5.13. The van der Waals surface area contributed by atoms with Gasteiger partial charge in [0.05, 0.1) is 11.6 Å². The summed E-state index contributed by atoms with van der Waals surface area (Å²) in [6.45, 7) is 9.63. The van der Waals surface area contributed by atoms with E-state index in [2.05, 4.69) is 91.8 Å². The molecule has 1 saturated heterocycles. The minimum atomic E-state index is 0.887. The molecule has 32 heavy (non-hydrogen) atoms. The van der Waals surface area contributed by atoms with E-state index >= 15 is 0 Å². The molecule has 166 valence electrons. The molecule has 0 spiro atoms. The summed E-state index contributed by atoms with van der Waals surface area (Å²) in [5.41, 5.74) is 5.40. The van der Waals surface area contributed by atoms with Crippen LogP contribution in [0.1, 0.15) is 18.1 Å². The Hall–Kier alpha value is -2.34. The number of piperazine rings is 1. The Morgan fingerprint density at radius 1 is 0.781 bits per heavy atom. The number of hydrogen-bond acceptors (Lipinski definition) is 3. The normalized spacial score (nSPS) is 15.6. The monoisotopic (exact) mass is 491 g/mol. The molecule has 0 saturated carbocycles. The number of nitrogens with zero attached hydrogens (tertiary/aromatic N) is 3. The molecular formula is C27H30BrN3O. The van der Waals surface area contributed by atoms with Gasteiger partial charge in [-0.25, -0.2) is 0 Å². The van der Waals surface area contributed by atoms with Crippen molar-refractivity contribution in [1.82, 2.24) is 14.4 Å². The van der Waals surface area contributed by atoms with E-state index in [1.54, 1.807) is 7.11 Å². The molecule has 5 rings (SSSR count). The molecule has 1 aliphatic heterocycles. The average Bonchev–Trinajstić information content (AvgIpc) is 3.13. The zero-order valence-electron chi connectivity index (χ0n) is 18.9. The van der Waals surface area contributed by atoms with Crippen molar-refractivity contribution in [3.8, 4) is 5.75 Å². The molecule has 1 fully saturated rings. The van der Waals surface area contributed by atoms with Crippen molar-refractivity contribution < 1.29 is 4.74 Å². The highest BCUT2D eigenvalue weighted by atomic mass is 79.9. The van der Waals surface area contributed by atoms with Crippen molar-refractivity contribution in [2.75, 3.05) is 33.3 Å². The molecule has 0 radical (unpaired) electrons. The summed E-state index contributed by atoms with van der Waals surface area (Å²) < 4.78 is 8.80. The molecule has 2 heterocycles. The van der Waals surface area contributed by atoms with Crippen LogP contribution in [0.4, 0.5) is 0 Å². The van der Waals surface area contributed by atoms with Crippen LogP contribution >= 0.6 is 15.9 Å². The summed E-state index contributed by atoms with van der Waals surface area (Å²) in [5.74, 6) is 0.887. The summed E-state index contributed by atoms with van der Waals surface area (Å²) in [7, 11) is 1.71. The van der Waals surface area contributed by atoms with Gasteiger partial charge in [0.25, 0.3) is 0 Å². The van der Waals surface area contributed by atoms with Crippen molar-refractivity contribution in [3.05, 3.63) is 76.3 Å². The minimum absolute atomic E-state index is 0.887.